The average molecular weight is 651 g/mol. The van der Waals surface area contributed by atoms with E-state index in [9.17, 15) is 4.39 Å². The number of benzene rings is 1. The molecule has 46 heavy (non-hydrogen) atoms. The fourth-order valence-corrected chi connectivity index (χ4v) is 4.08. The minimum absolute atomic E-state index is 0.0695. The quantitative estimate of drug-likeness (QED) is 0.0673. The normalized spacial score (nSPS) is 14.1. The lowest BCUT2D eigenvalue weighted by molar-refractivity contribution is 0.0676. The summed E-state index contributed by atoms with van der Waals surface area (Å²) in [6.45, 7) is 22.7. The molecule has 1 aliphatic rings. The summed E-state index contributed by atoms with van der Waals surface area (Å²) in [5.74, 6) is 8.79. The van der Waals surface area contributed by atoms with E-state index < -0.39 is 5.83 Å². The third-order valence-corrected chi connectivity index (χ3v) is 6.45. The number of nitrogens with one attached hydrogen (secondary N) is 1. The van der Waals surface area contributed by atoms with Crippen LogP contribution in [0.2, 0.25) is 5.02 Å². The molecule has 3 rings (SSSR count). The maximum Gasteiger partial charge on any atom is 0.167 e. The molecule has 0 bridgehead atoms. The summed E-state index contributed by atoms with van der Waals surface area (Å²) >= 11 is 6.44. The number of ether oxygens (including phenoxy) is 1. The number of aromatic nitrogens is 1. The maximum atomic E-state index is 14.5. The first-order chi connectivity index (χ1) is 22.2. The Balaban J connectivity index is 0.00000199. The van der Waals surface area contributed by atoms with Gasteiger partial charge in [-0.15, -0.1) is 6.58 Å². The Hall–Kier alpha value is -4.30. The first-order valence-electron chi connectivity index (χ1n) is 15.3. The molecule has 1 saturated heterocycles. The molecule has 248 valence electrons. The molecule has 0 spiro atoms. The van der Waals surface area contributed by atoms with Gasteiger partial charge in [0.05, 0.1) is 42.7 Å². The number of hydrazine groups is 1. The summed E-state index contributed by atoms with van der Waals surface area (Å²) in [4.78, 5) is 15.0. The number of amidine groups is 1. The van der Waals surface area contributed by atoms with Crippen molar-refractivity contribution in [3.8, 4) is 12.0 Å². The number of hydrogen-bond acceptors (Lipinski definition) is 8. The van der Waals surface area contributed by atoms with E-state index >= 15 is 0 Å². The molecule has 11 heteroatoms. The molecule has 2 heterocycles. The first kappa shape index (κ1) is 39.7. The zero-order valence-corrected chi connectivity index (χ0v) is 28.9. The van der Waals surface area contributed by atoms with Crippen LogP contribution in [0.4, 0.5) is 15.8 Å². The Labute approximate surface area is 279 Å². The van der Waals surface area contributed by atoms with E-state index in [1.54, 1.807) is 37.1 Å². The van der Waals surface area contributed by atoms with Crippen LogP contribution in [0, 0.1) is 17.9 Å². The number of pyridine rings is 1. The molecule has 1 atom stereocenters. The van der Waals surface area contributed by atoms with Crippen molar-refractivity contribution in [2.24, 2.45) is 26.8 Å². The Kier molecular flexibility index (Phi) is 19.2. The number of aliphatic imine (C=N–C) groups is 2. The van der Waals surface area contributed by atoms with Crippen molar-refractivity contribution >= 4 is 40.7 Å². The second kappa shape index (κ2) is 22.2. The lowest BCUT2D eigenvalue weighted by atomic mass is 9.95. The molecular weight excluding hydrogens is 603 g/mol. The van der Waals surface area contributed by atoms with Gasteiger partial charge in [0.15, 0.2) is 17.5 Å². The van der Waals surface area contributed by atoms with Crippen molar-refractivity contribution in [1.29, 1.82) is 0 Å². The monoisotopic (exact) mass is 650 g/mol. The minimum Gasteiger partial charge on any atom is -0.378 e. The number of morpholine rings is 1. The predicted octanol–water partition coefficient (Wildman–Crippen LogP) is 8.10. The third kappa shape index (κ3) is 13.4. The van der Waals surface area contributed by atoms with Crippen LogP contribution in [-0.4, -0.2) is 59.1 Å². The van der Waals surface area contributed by atoms with E-state index in [2.05, 4.69) is 64.4 Å². The molecule has 9 nitrogen and oxygen atoms in total. The highest BCUT2D eigenvalue weighted by Gasteiger charge is 2.19. The molecule has 1 aliphatic heterocycles. The van der Waals surface area contributed by atoms with E-state index in [4.69, 9.17) is 22.2 Å². The number of hydrogen-bond donors (Lipinski definition) is 2. The van der Waals surface area contributed by atoms with Crippen LogP contribution >= 0.6 is 11.6 Å². The summed E-state index contributed by atoms with van der Waals surface area (Å²) in [5, 5.41) is 9.04. The van der Waals surface area contributed by atoms with E-state index in [1.165, 1.54) is 12.3 Å². The Morgan fingerprint density at radius 2 is 1.91 bits per heavy atom. The molecule has 0 aliphatic carbocycles. The smallest absolute Gasteiger partial charge is 0.167 e. The van der Waals surface area contributed by atoms with Crippen LogP contribution in [-0.2, 0) is 4.74 Å². The number of anilines is 2. The van der Waals surface area contributed by atoms with E-state index in [-0.39, 0.29) is 17.6 Å². The first-order valence-corrected chi connectivity index (χ1v) is 15.7. The predicted molar refractivity (Wildman–Crippen MR) is 193 cm³/mol. The van der Waals surface area contributed by atoms with Crippen LogP contribution in [0.1, 0.15) is 66.1 Å². The van der Waals surface area contributed by atoms with E-state index in [0.29, 0.717) is 37.0 Å². The summed E-state index contributed by atoms with van der Waals surface area (Å²) in [6, 6.07) is 12.2. The molecule has 1 aromatic carbocycles. The minimum atomic E-state index is -0.472. The topological polar surface area (TPSA) is 104 Å². The van der Waals surface area contributed by atoms with Gasteiger partial charge in [0.1, 0.15) is 0 Å². The van der Waals surface area contributed by atoms with Gasteiger partial charge >= 0.3 is 0 Å². The highest BCUT2D eigenvalue weighted by molar-refractivity contribution is 6.31. The number of hydrazone groups is 1. The zero-order valence-electron chi connectivity index (χ0n) is 28.1. The van der Waals surface area contributed by atoms with Crippen LogP contribution < -0.4 is 11.2 Å². The lowest BCUT2D eigenvalue weighted by Crippen LogP contribution is -2.41. The Bertz CT molecular complexity index is 1430. The van der Waals surface area contributed by atoms with Gasteiger partial charge in [0.25, 0.3) is 0 Å². The van der Waals surface area contributed by atoms with Crippen molar-refractivity contribution in [2.75, 3.05) is 31.6 Å². The number of nitrogens with two attached hydrogens (primary N) is 1. The van der Waals surface area contributed by atoms with E-state index in [0.717, 1.165) is 34.2 Å². The summed E-state index contributed by atoms with van der Waals surface area (Å²) in [7, 11) is 0. The second-order valence-electron chi connectivity index (χ2n) is 9.58. The van der Waals surface area contributed by atoms with Gasteiger partial charge in [-0.2, -0.15) is 10.2 Å². The molecule has 0 saturated carbocycles. The SMILES string of the molecule is C=C(/N=C(\C(F)=C/C)N1CCOCC1)N(N)/N=C/c1ccc(Nc2cc(Cl)cc(C(=NC#CC)C(C)CC)c2)cn1.C=CC.CC. The Morgan fingerprint density at radius 3 is 2.48 bits per heavy atom. The molecule has 0 amide bonds. The summed E-state index contributed by atoms with van der Waals surface area (Å²) < 4.78 is 19.9. The average Bonchev–Trinajstić information content (AvgIpc) is 3.07. The largest absolute Gasteiger partial charge is 0.378 e. The van der Waals surface area contributed by atoms with Crippen molar-refractivity contribution in [1.82, 2.24) is 15.0 Å². The number of halogens is 2. The fraction of sp³-hybridized carbons (Fsp3) is 0.371. The van der Waals surface area contributed by atoms with Gasteiger partial charge in [0.2, 0.25) is 0 Å². The molecule has 0 radical (unpaired) electrons. The van der Waals surface area contributed by atoms with Crippen molar-refractivity contribution < 1.29 is 9.13 Å². The van der Waals surface area contributed by atoms with Gasteiger partial charge in [-0.05, 0) is 69.5 Å². The number of nitrogens with zero attached hydrogens (tertiary/aromatic N) is 6. The van der Waals surface area contributed by atoms with Crippen molar-refractivity contribution in [2.45, 2.75) is 54.9 Å². The standard InChI is InChI=1S/C30H36ClFN8O.C3H6.C2H6/c1-6-11-34-29(21(4)7-2)23-16-24(31)18-27(17-23)38-26-10-9-25(35-19-26)20-36-40(33)22(5)37-30(28(32)8-3)39-12-14-41-15-13-39;1-3-2;1-2/h8-10,16-21,38H,5,7,12-15,33H2,1-4H3;3H,1H2,2H3;1-2H3/b28-8+,34-29?,36-20+,37-30+;;. The summed E-state index contributed by atoms with van der Waals surface area (Å²) in [5.41, 5.74) is 3.89. The van der Waals surface area contributed by atoms with Gasteiger partial charge in [0, 0.05) is 35.4 Å². The van der Waals surface area contributed by atoms with Crippen LogP contribution in [0.3, 0.4) is 0 Å². The third-order valence-electron chi connectivity index (χ3n) is 6.23. The summed E-state index contributed by atoms with van der Waals surface area (Å²) in [6.07, 6.45) is 7.15. The number of rotatable bonds is 10. The molecule has 1 aromatic heterocycles. The highest BCUT2D eigenvalue weighted by Crippen LogP contribution is 2.25. The van der Waals surface area contributed by atoms with E-state index in [1.807, 2.05) is 45.0 Å². The van der Waals surface area contributed by atoms with Gasteiger partial charge < -0.3 is 15.0 Å². The molecular formula is C35H48ClFN8O. The van der Waals surface area contributed by atoms with Crippen molar-refractivity contribution in [3.63, 3.8) is 0 Å². The Morgan fingerprint density at radius 1 is 1.24 bits per heavy atom. The van der Waals surface area contributed by atoms with Crippen molar-refractivity contribution in [3.05, 3.63) is 89.8 Å². The molecule has 1 fully saturated rings. The lowest BCUT2D eigenvalue weighted by Gasteiger charge is -2.29. The highest BCUT2D eigenvalue weighted by atomic mass is 35.5. The van der Waals surface area contributed by atoms with Gasteiger partial charge in [-0.25, -0.2) is 20.2 Å². The second-order valence-corrected chi connectivity index (χ2v) is 10.0. The molecule has 1 unspecified atom stereocenters. The fourth-order valence-electron chi connectivity index (χ4n) is 3.84. The van der Waals surface area contributed by atoms with Gasteiger partial charge in [-0.3, -0.25) is 4.98 Å². The van der Waals surface area contributed by atoms with Gasteiger partial charge in [-0.1, -0.05) is 57.9 Å². The molecule has 2 aromatic rings. The molecule has 3 N–H and O–H groups in total. The van der Waals surface area contributed by atoms with Crippen LogP contribution in [0.25, 0.3) is 0 Å². The van der Waals surface area contributed by atoms with Crippen LogP contribution in [0.15, 0.2) is 88.6 Å². The zero-order chi connectivity index (χ0) is 34.5. The number of allylic oxidation sites excluding steroid dienone is 2. The van der Waals surface area contributed by atoms with Crippen LogP contribution in [0.5, 0.6) is 0 Å². The maximum absolute atomic E-state index is 14.5.